The highest BCUT2D eigenvalue weighted by Gasteiger charge is 2.60. The number of pyridine rings is 2. The highest BCUT2D eigenvalue weighted by molar-refractivity contribution is 7.89. The van der Waals surface area contributed by atoms with Crippen molar-refractivity contribution in [3.05, 3.63) is 82.5 Å². The van der Waals surface area contributed by atoms with Gasteiger partial charge in [-0.25, -0.2) is 8.42 Å². The van der Waals surface area contributed by atoms with Crippen LogP contribution in [0.25, 0.3) is 11.1 Å². The number of ether oxygens (including phenoxy) is 1. The molecule has 0 aliphatic carbocycles. The molecular weight excluding hydrogens is 470 g/mol. The third kappa shape index (κ3) is 3.51. The molecule has 0 saturated carbocycles. The maximum absolute atomic E-state index is 14.0. The Labute approximate surface area is 202 Å². The van der Waals surface area contributed by atoms with Gasteiger partial charge in [-0.15, -0.1) is 0 Å². The number of aryl methyl sites for hydroxylation is 1. The standard InChI is InChI=1S/C25H25N3O6S/c1-15-5-3-4-6-21(15)35(32,33)28-20-13-27-19(23(28)22(18(20)14-29)25(31)34-2)8-7-17(24(27)30)16-9-11-26-12-10-16/h3-12,18,20,22-23,29H,13-14H2,1-2H3/t18-,20-,22+,23+/m0/s1. The highest BCUT2D eigenvalue weighted by atomic mass is 32.2. The second-order valence-electron chi connectivity index (χ2n) is 8.83. The summed E-state index contributed by atoms with van der Waals surface area (Å²) < 4.78 is 35.8. The first kappa shape index (κ1) is 23.4. The van der Waals surface area contributed by atoms with Gasteiger partial charge in [-0.2, -0.15) is 4.31 Å². The van der Waals surface area contributed by atoms with Crippen molar-refractivity contribution in [1.82, 2.24) is 13.9 Å². The lowest BCUT2D eigenvalue weighted by atomic mass is 9.87. The zero-order valence-corrected chi connectivity index (χ0v) is 20.1. The van der Waals surface area contributed by atoms with Crippen LogP contribution < -0.4 is 5.56 Å². The topological polar surface area (TPSA) is 119 Å². The summed E-state index contributed by atoms with van der Waals surface area (Å²) in [5, 5.41) is 10.3. The molecule has 1 fully saturated rings. The van der Waals surface area contributed by atoms with E-state index >= 15 is 0 Å². The average Bonchev–Trinajstić information content (AvgIpc) is 3.12. The molecular formula is C25H25N3O6S. The van der Waals surface area contributed by atoms with Gasteiger partial charge in [-0.1, -0.05) is 18.2 Å². The van der Waals surface area contributed by atoms with Crippen LogP contribution in [0, 0.1) is 18.8 Å². The number of aliphatic hydroxyl groups is 1. The molecule has 1 N–H and O–H groups in total. The number of fused-ring (bicyclic) bond motifs is 4. The van der Waals surface area contributed by atoms with Crippen molar-refractivity contribution in [1.29, 1.82) is 0 Å². The fourth-order valence-corrected chi connectivity index (χ4v) is 7.57. The Bertz CT molecular complexity index is 1450. The minimum absolute atomic E-state index is 0.00736. The Morgan fingerprint density at radius 1 is 1.14 bits per heavy atom. The summed E-state index contributed by atoms with van der Waals surface area (Å²) in [5.41, 5.74) is 1.80. The minimum atomic E-state index is -4.07. The molecule has 0 spiro atoms. The summed E-state index contributed by atoms with van der Waals surface area (Å²) in [6.07, 6.45) is 3.18. The molecule has 0 amide bonds. The van der Waals surface area contributed by atoms with E-state index in [-0.39, 0.29) is 17.0 Å². The molecule has 4 atom stereocenters. The number of methoxy groups -OCH3 is 1. The molecule has 9 nitrogen and oxygen atoms in total. The first-order valence-corrected chi connectivity index (χ1v) is 12.7. The van der Waals surface area contributed by atoms with Crippen LogP contribution in [0.1, 0.15) is 17.3 Å². The van der Waals surface area contributed by atoms with Gasteiger partial charge in [0, 0.05) is 48.8 Å². The van der Waals surface area contributed by atoms with E-state index in [1.54, 1.807) is 61.8 Å². The van der Waals surface area contributed by atoms with Crippen LogP contribution >= 0.6 is 0 Å². The summed E-state index contributed by atoms with van der Waals surface area (Å²) in [7, 11) is -2.84. The lowest BCUT2D eigenvalue weighted by Crippen LogP contribution is -2.49. The Hall–Kier alpha value is -3.34. The second-order valence-corrected chi connectivity index (χ2v) is 10.6. The lowest BCUT2D eigenvalue weighted by Gasteiger charge is -2.37. The van der Waals surface area contributed by atoms with Gasteiger partial charge in [0.15, 0.2) is 0 Å². The largest absolute Gasteiger partial charge is 0.469 e. The van der Waals surface area contributed by atoms with Gasteiger partial charge in [0.25, 0.3) is 5.56 Å². The molecule has 3 aromatic rings. The summed E-state index contributed by atoms with van der Waals surface area (Å²) in [6, 6.07) is 11.6. The van der Waals surface area contributed by atoms with Gasteiger partial charge in [-0.3, -0.25) is 14.6 Å². The van der Waals surface area contributed by atoms with Crippen molar-refractivity contribution in [3.63, 3.8) is 0 Å². The summed E-state index contributed by atoms with van der Waals surface area (Å²) in [5.74, 6) is -2.33. The van der Waals surface area contributed by atoms with Gasteiger partial charge >= 0.3 is 5.97 Å². The molecule has 2 aliphatic rings. The number of hydrogen-bond donors (Lipinski definition) is 1. The van der Waals surface area contributed by atoms with E-state index in [9.17, 15) is 23.1 Å². The number of carbonyl (C=O) groups excluding carboxylic acids is 1. The second kappa shape index (κ2) is 8.71. The third-order valence-electron chi connectivity index (χ3n) is 7.10. The van der Waals surface area contributed by atoms with Crippen LogP contribution in [0.5, 0.6) is 0 Å². The van der Waals surface area contributed by atoms with Crippen molar-refractivity contribution < 1.29 is 23.1 Å². The van der Waals surface area contributed by atoms with E-state index in [0.29, 0.717) is 22.4 Å². The molecule has 0 radical (unpaired) electrons. The zero-order chi connectivity index (χ0) is 24.9. The minimum Gasteiger partial charge on any atom is -0.469 e. The number of aliphatic hydroxyl groups excluding tert-OH is 1. The number of sulfonamides is 1. The quantitative estimate of drug-likeness (QED) is 0.536. The summed E-state index contributed by atoms with van der Waals surface area (Å²) in [4.78, 5) is 30.6. The smallest absolute Gasteiger partial charge is 0.311 e. The van der Waals surface area contributed by atoms with Crippen LogP contribution in [-0.2, 0) is 26.1 Å². The summed E-state index contributed by atoms with van der Waals surface area (Å²) >= 11 is 0. The number of esters is 1. The Morgan fingerprint density at radius 3 is 2.51 bits per heavy atom. The number of hydrogen-bond acceptors (Lipinski definition) is 7. The fourth-order valence-electron chi connectivity index (χ4n) is 5.50. The molecule has 2 bridgehead atoms. The molecule has 0 unspecified atom stereocenters. The van der Waals surface area contributed by atoms with Crippen LogP contribution in [0.15, 0.2) is 70.6 Å². The fraction of sp³-hybridized carbons (Fsp3) is 0.320. The number of nitrogens with zero attached hydrogens (tertiary/aromatic N) is 3. The number of carbonyl (C=O) groups is 1. The van der Waals surface area contributed by atoms with Gasteiger partial charge in [-0.05, 0) is 48.4 Å². The van der Waals surface area contributed by atoms with Crippen molar-refractivity contribution in [3.8, 4) is 11.1 Å². The van der Waals surface area contributed by atoms with Crippen molar-refractivity contribution in [2.24, 2.45) is 11.8 Å². The van der Waals surface area contributed by atoms with E-state index in [2.05, 4.69) is 4.98 Å². The van der Waals surface area contributed by atoms with Gasteiger partial charge in [0.2, 0.25) is 10.0 Å². The summed E-state index contributed by atoms with van der Waals surface area (Å²) in [6.45, 7) is 1.29. The van der Waals surface area contributed by atoms with E-state index in [1.165, 1.54) is 22.0 Å². The van der Waals surface area contributed by atoms with Crippen LogP contribution in [0.3, 0.4) is 0 Å². The number of aromatic nitrogens is 2. The predicted octanol–water partition coefficient (Wildman–Crippen LogP) is 1.74. The normalized spacial score (nSPS) is 23.6. The van der Waals surface area contributed by atoms with Crippen LogP contribution in [0.2, 0.25) is 0 Å². The molecule has 2 aliphatic heterocycles. The number of rotatable bonds is 5. The van der Waals surface area contributed by atoms with E-state index in [4.69, 9.17) is 4.74 Å². The molecule has 182 valence electrons. The van der Waals surface area contributed by atoms with Crippen LogP contribution in [0.4, 0.5) is 0 Å². The van der Waals surface area contributed by atoms with Crippen molar-refractivity contribution >= 4 is 16.0 Å². The lowest BCUT2D eigenvalue weighted by molar-refractivity contribution is -0.148. The molecule has 35 heavy (non-hydrogen) atoms. The van der Waals surface area contributed by atoms with Crippen LogP contribution in [-0.4, -0.2) is 53.1 Å². The first-order valence-electron chi connectivity index (χ1n) is 11.2. The molecule has 5 rings (SSSR count). The monoisotopic (exact) mass is 495 g/mol. The van der Waals surface area contributed by atoms with E-state index in [1.807, 2.05) is 0 Å². The van der Waals surface area contributed by atoms with E-state index < -0.39 is 46.5 Å². The average molecular weight is 496 g/mol. The number of benzene rings is 1. The molecule has 2 aromatic heterocycles. The molecule has 10 heteroatoms. The van der Waals surface area contributed by atoms with Gasteiger partial charge in [0.1, 0.15) is 0 Å². The highest BCUT2D eigenvalue weighted by Crippen LogP contribution is 2.51. The Balaban J connectivity index is 1.73. The Kier molecular flexibility index (Phi) is 5.82. The van der Waals surface area contributed by atoms with Crippen molar-refractivity contribution in [2.75, 3.05) is 13.7 Å². The molecule has 1 aromatic carbocycles. The predicted molar refractivity (Wildman–Crippen MR) is 127 cm³/mol. The SMILES string of the molecule is COC(=O)[C@@H]1[C@@H](CO)[C@@H]2Cn3c(ccc(-c4ccncc4)c3=O)[C@H]1N2S(=O)(=O)c1ccccc1C. The zero-order valence-electron chi connectivity index (χ0n) is 19.2. The first-order chi connectivity index (χ1) is 16.8. The maximum atomic E-state index is 14.0. The molecule has 1 saturated heterocycles. The van der Waals surface area contributed by atoms with Gasteiger partial charge in [0.05, 0.1) is 24.0 Å². The van der Waals surface area contributed by atoms with Gasteiger partial charge < -0.3 is 14.4 Å². The van der Waals surface area contributed by atoms with Crippen molar-refractivity contribution in [2.45, 2.75) is 30.4 Å². The molecule has 4 heterocycles. The van der Waals surface area contributed by atoms with E-state index in [0.717, 1.165) is 0 Å². The Morgan fingerprint density at radius 2 is 1.86 bits per heavy atom. The third-order valence-corrected chi connectivity index (χ3v) is 9.17. The maximum Gasteiger partial charge on any atom is 0.311 e.